The lowest BCUT2D eigenvalue weighted by atomic mass is 10.0. The highest BCUT2D eigenvalue weighted by Crippen LogP contribution is 2.34. The first-order valence-corrected chi connectivity index (χ1v) is 9.93. The largest absolute Gasteiger partial charge is 0.491 e. The molecule has 0 aromatic carbocycles. The zero-order valence-corrected chi connectivity index (χ0v) is 18.4. The predicted octanol–water partition coefficient (Wildman–Crippen LogP) is 3.39. The molecule has 4 rings (SSSR count). The van der Waals surface area contributed by atoms with E-state index >= 15 is 0 Å². The summed E-state index contributed by atoms with van der Waals surface area (Å²) in [6.07, 6.45) is 3.01. The van der Waals surface area contributed by atoms with Crippen molar-refractivity contribution < 1.29 is 23.8 Å². The van der Waals surface area contributed by atoms with Gasteiger partial charge in [-0.2, -0.15) is 0 Å². The number of amides is 1. The molecule has 0 spiro atoms. The number of aromatic nitrogens is 3. The van der Waals surface area contributed by atoms with Crippen LogP contribution >= 0.6 is 0 Å². The van der Waals surface area contributed by atoms with E-state index in [9.17, 15) is 14.3 Å². The van der Waals surface area contributed by atoms with Gasteiger partial charge in [-0.3, -0.25) is 14.8 Å². The first-order valence-electron chi connectivity index (χ1n) is 9.93. The van der Waals surface area contributed by atoms with Crippen LogP contribution in [0, 0.1) is 12.7 Å². The topological polar surface area (TPSA) is 97.7 Å². The number of rotatable bonds is 5. The molecule has 1 amide bonds. The number of carbonyl (C=O) groups excluding carboxylic acids is 1. The van der Waals surface area contributed by atoms with Gasteiger partial charge in [-0.15, -0.1) is 0 Å². The Morgan fingerprint density at radius 3 is 2.50 bits per heavy atom. The van der Waals surface area contributed by atoms with Crippen molar-refractivity contribution in [2.24, 2.45) is 0 Å². The maximum absolute atomic E-state index is 14.5. The molecule has 3 aromatic rings. The Balaban J connectivity index is 1.71. The molecule has 4 heterocycles. The third kappa shape index (κ3) is 3.64. The highest BCUT2D eigenvalue weighted by Gasteiger charge is 2.33. The number of hydrogen-bond acceptors (Lipinski definition) is 7. The number of carbonyl (C=O) groups is 1. The average molecular weight is 438 g/mol. The molecule has 0 unspecified atom stereocenters. The molecule has 0 radical (unpaired) electrons. The van der Waals surface area contributed by atoms with E-state index in [2.05, 4.69) is 15.0 Å². The Morgan fingerprint density at radius 1 is 1.12 bits per heavy atom. The molecule has 0 saturated heterocycles. The molecule has 0 atom stereocenters. The summed E-state index contributed by atoms with van der Waals surface area (Å²) >= 11 is 0. The lowest BCUT2D eigenvalue weighted by molar-refractivity contribution is 0.0695. The fourth-order valence-corrected chi connectivity index (χ4v) is 3.76. The molecule has 8 nitrogen and oxygen atoms in total. The summed E-state index contributed by atoms with van der Waals surface area (Å²) in [5.41, 5.74) is 1.93. The van der Waals surface area contributed by atoms with Crippen LogP contribution in [-0.4, -0.2) is 40.2 Å². The lowest BCUT2D eigenvalue weighted by Crippen LogP contribution is -2.25. The van der Waals surface area contributed by atoms with Gasteiger partial charge in [-0.25, -0.2) is 9.37 Å². The van der Waals surface area contributed by atoms with Crippen molar-refractivity contribution in [2.75, 3.05) is 19.1 Å². The Kier molecular flexibility index (Phi) is 5.29. The smallest absolute Gasteiger partial charge is 0.260 e. The molecule has 32 heavy (non-hydrogen) atoms. The van der Waals surface area contributed by atoms with E-state index in [1.807, 2.05) is 6.92 Å². The number of ether oxygens (including phenoxy) is 2. The van der Waals surface area contributed by atoms with Gasteiger partial charge in [-0.1, -0.05) is 0 Å². The van der Waals surface area contributed by atoms with Gasteiger partial charge >= 0.3 is 0 Å². The number of methoxy groups -OCH3 is 2. The van der Waals surface area contributed by atoms with Crippen LogP contribution in [0.1, 0.15) is 41.2 Å². The van der Waals surface area contributed by atoms with Crippen molar-refractivity contribution in [1.82, 2.24) is 15.0 Å². The monoisotopic (exact) mass is 438 g/mol. The van der Waals surface area contributed by atoms with Crippen LogP contribution in [-0.2, 0) is 12.1 Å². The minimum absolute atomic E-state index is 0.0806. The van der Waals surface area contributed by atoms with Crippen molar-refractivity contribution in [2.45, 2.75) is 32.9 Å². The quantitative estimate of drug-likeness (QED) is 0.652. The van der Waals surface area contributed by atoms with Crippen LogP contribution in [0.5, 0.6) is 11.6 Å². The molecule has 1 N–H and O–H groups in total. The minimum atomic E-state index is -1.43. The number of pyridine rings is 3. The summed E-state index contributed by atoms with van der Waals surface area (Å²) in [5, 5.41) is 10.1. The molecular weight excluding hydrogens is 415 g/mol. The second kappa shape index (κ2) is 7.83. The highest BCUT2D eigenvalue weighted by molar-refractivity contribution is 6.10. The molecule has 0 fully saturated rings. The number of aryl methyl sites for hydroxylation is 1. The number of anilines is 1. The van der Waals surface area contributed by atoms with Gasteiger partial charge in [0.15, 0.2) is 5.75 Å². The number of hydrogen-bond donors (Lipinski definition) is 1. The van der Waals surface area contributed by atoms with Gasteiger partial charge in [0.05, 0.1) is 49.6 Å². The van der Waals surface area contributed by atoms with Gasteiger partial charge in [-0.05, 0) is 38.5 Å². The maximum Gasteiger partial charge on any atom is 0.260 e. The van der Waals surface area contributed by atoms with E-state index in [0.717, 1.165) is 5.56 Å². The fraction of sp³-hybridized carbons (Fsp3) is 0.304. The Bertz CT molecular complexity index is 1220. The number of halogens is 1. The minimum Gasteiger partial charge on any atom is -0.491 e. The third-order valence-electron chi connectivity index (χ3n) is 5.30. The molecule has 3 aromatic heterocycles. The van der Waals surface area contributed by atoms with Crippen LogP contribution in [0.4, 0.5) is 10.1 Å². The average Bonchev–Trinajstić information content (AvgIpc) is 3.09. The third-order valence-corrected chi connectivity index (χ3v) is 5.30. The second-order valence-electron chi connectivity index (χ2n) is 8.06. The van der Waals surface area contributed by atoms with E-state index in [4.69, 9.17) is 9.47 Å². The van der Waals surface area contributed by atoms with Crippen LogP contribution in [0.3, 0.4) is 0 Å². The molecule has 1 aliphatic rings. The van der Waals surface area contributed by atoms with Crippen molar-refractivity contribution in [3.8, 4) is 22.9 Å². The van der Waals surface area contributed by atoms with Crippen LogP contribution < -0.4 is 14.4 Å². The number of aliphatic hydroxyl groups is 1. The first-order chi connectivity index (χ1) is 15.1. The van der Waals surface area contributed by atoms with Crippen molar-refractivity contribution in [3.05, 3.63) is 58.9 Å². The summed E-state index contributed by atoms with van der Waals surface area (Å²) in [5.74, 6) is -0.129. The van der Waals surface area contributed by atoms with Crippen molar-refractivity contribution in [1.29, 1.82) is 0 Å². The van der Waals surface area contributed by atoms with Crippen LogP contribution in [0.2, 0.25) is 0 Å². The molecular formula is C23H23FN4O4. The highest BCUT2D eigenvalue weighted by atomic mass is 19.1. The van der Waals surface area contributed by atoms with Crippen LogP contribution in [0.25, 0.3) is 11.3 Å². The molecule has 166 valence electrons. The Hall–Kier alpha value is -3.59. The molecule has 0 bridgehead atoms. The van der Waals surface area contributed by atoms with Gasteiger partial charge in [0.2, 0.25) is 0 Å². The van der Waals surface area contributed by atoms with E-state index in [0.29, 0.717) is 39.8 Å². The molecule has 1 aliphatic heterocycles. The standard InChI is InChI=1S/C23H23FN4O4/c1-12-6-16(13-7-18(31-4)21(32-5)26-9-13)27-17-11-28(22(29)19(12)17)14-8-15(24)20(25-10-14)23(2,3)30/h6-10,30H,11H2,1-5H3. The zero-order valence-electron chi connectivity index (χ0n) is 18.4. The van der Waals surface area contributed by atoms with E-state index < -0.39 is 11.4 Å². The normalized spacial score (nSPS) is 13.3. The van der Waals surface area contributed by atoms with Gasteiger partial charge in [0.25, 0.3) is 11.8 Å². The first kappa shape index (κ1) is 21.6. The van der Waals surface area contributed by atoms with E-state index in [-0.39, 0.29) is 18.1 Å². The number of nitrogens with zero attached hydrogens (tertiary/aromatic N) is 4. The second-order valence-corrected chi connectivity index (χ2v) is 8.06. The lowest BCUT2D eigenvalue weighted by Gasteiger charge is -2.20. The van der Waals surface area contributed by atoms with E-state index in [1.165, 1.54) is 45.2 Å². The Labute approximate surface area is 184 Å². The van der Waals surface area contributed by atoms with Gasteiger partial charge < -0.3 is 19.5 Å². The summed E-state index contributed by atoms with van der Waals surface area (Å²) in [6, 6.07) is 4.78. The summed E-state index contributed by atoms with van der Waals surface area (Å²) in [7, 11) is 3.03. The summed E-state index contributed by atoms with van der Waals surface area (Å²) in [4.78, 5) is 27.5. The SMILES string of the molecule is COc1cc(-c2cc(C)c3c(n2)CN(c2cnc(C(C)(C)O)c(F)c2)C3=O)cnc1OC. The molecule has 9 heteroatoms. The van der Waals surface area contributed by atoms with Crippen molar-refractivity contribution >= 4 is 11.6 Å². The molecule has 0 aliphatic carbocycles. The van der Waals surface area contributed by atoms with Gasteiger partial charge in [0, 0.05) is 17.8 Å². The van der Waals surface area contributed by atoms with Gasteiger partial charge in [0.1, 0.15) is 17.1 Å². The predicted molar refractivity (Wildman–Crippen MR) is 115 cm³/mol. The van der Waals surface area contributed by atoms with Crippen molar-refractivity contribution in [3.63, 3.8) is 0 Å². The van der Waals surface area contributed by atoms with Crippen LogP contribution in [0.15, 0.2) is 30.6 Å². The fourth-order valence-electron chi connectivity index (χ4n) is 3.76. The maximum atomic E-state index is 14.5. The zero-order chi connectivity index (χ0) is 23.2. The molecule has 0 saturated carbocycles. The summed E-state index contributed by atoms with van der Waals surface area (Å²) < 4.78 is 25.0. The number of fused-ring (bicyclic) bond motifs is 1. The Morgan fingerprint density at radius 2 is 1.88 bits per heavy atom. The summed E-state index contributed by atoms with van der Waals surface area (Å²) in [6.45, 7) is 4.90. The van der Waals surface area contributed by atoms with E-state index in [1.54, 1.807) is 18.3 Å².